The first kappa shape index (κ1) is 13.9. The number of benzene rings is 1. The molecule has 3 aromatic rings. The summed E-state index contributed by atoms with van der Waals surface area (Å²) in [5, 5.41) is 2.87. The fraction of sp³-hybridized carbons (Fsp3) is 0.118. The Bertz CT molecular complexity index is 877. The van der Waals surface area contributed by atoms with Gasteiger partial charge in [0.2, 0.25) is 0 Å². The van der Waals surface area contributed by atoms with Crippen LogP contribution in [0.4, 0.5) is 5.69 Å². The second kappa shape index (κ2) is 5.48. The lowest BCUT2D eigenvalue weighted by atomic mass is 10.1. The van der Waals surface area contributed by atoms with Gasteiger partial charge in [0, 0.05) is 24.2 Å². The molecule has 0 fully saturated rings. The van der Waals surface area contributed by atoms with Crippen LogP contribution in [-0.4, -0.2) is 29.5 Å². The standard InChI is InChI=1S/C17H13N3O2S/c1-20-14-8-11(5-6-15(14)22-9-16(20)21)13-10-23-17(19-13)12-4-2-3-7-18-12/h2-8,10H,9H2,1H3. The number of fused-ring (bicyclic) bond motifs is 1. The lowest BCUT2D eigenvalue weighted by molar-refractivity contribution is -0.120. The number of thiazole rings is 1. The number of carbonyl (C=O) groups is 1. The molecular weight excluding hydrogens is 310 g/mol. The SMILES string of the molecule is CN1C(=O)COc2ccc(-c3csc(-c4ccccn4)n3)cc21. The summed E-state index contributed by atoms with van der Waals surface area (Å²) in [5.74, 6) is 0.665. The third kappa shape index (κ3) is 2.47. The number of nitrogens with zero attached hydrogens (tertiary/aromatic N) is 3. The minimum atomic E-state index is -0.0536. The van der Waals surface area contributed by atoms with Crippen LogP contribution in [0.5, 0.6) is 5.75 Å². The fourth-order valence-electron chi connectivity index (χ4n) is 2.44. The molecule has 1 aromatic carbocycles. The van der Waals surface area contributed by atoms with Crippen molar-refractivity contribution in [3.8, 4) is 27.7 Å². The van der Waals surface area contributed by atoms with Crippen molar-refractivity contribution in [3.63, 3.8) is 0 Å². The van der Waals surface area contributed by atoms with Crippen LogP contribution in [0.3, 0.4) is 0 Å². The van der Waals surface area contributed by atoms with E-state index < -0.39 is 0 Å². The molecule has 0 radical (unpaired) electrons. The molecule has 0 bridgehead atoms. The number of aromatic nitrogens is 2. The van der Waals surface area contributed by atoms with Gasteiger partial charge in [0.25, 0.3) is 5.91 Å². The summed E-state index contributed by atoms with van der Waals surface area (Å²) >= 11 is 1.55. The van der Waals surface area contributed by atoms with E-state index in [1.165, 1.54) is 0 Å². The fourth-order valence-corrected chi connectivity index (χ4v) is 3.25. The Morgan fingerprint density at radius 2 is 2.13 bits per heavy atom. The van der Waals surface area contributed by atoms with E-state index in [4.69, 9.17) is 4.74 Å². The van der Waals surface area contributed by atoms with Crippen LogP contribution in [0.15, 0.2) is 48.0 Å². The Morgan fingerprint density at radius 3 is 2.96 bits per heavy atom. The second-order valence-corrected chi connectivity index (χ2v) is 6.03. The molecule has 23 heavy (non-hydrogen) atoms. The van der Waals surface area contributed by atoms with Gasteiger partial charge in [0.05, 0.1) is 17.1 Å². The van der Waals surface area contributed by atoms with Crippen molar-refractivity contribution in [1.29, 1.82) is 0 Å². The van der Waals surface area contributed by atoms with Crippen LogP contribution < -0.4 is 9.64 Å². The third-order valence-electron chi connectivity index (χ3n) is 3.73. The van der Waals surface area contributed by atoms with Crippen LogP contribution in [0, 0.1) is 0 Å². The molecule has 0 spiro atoms. The summed E-state index contributed by atoms with van der Waals surface area (Å²) in [6, 6.07) is 11.5. The quantitative estimate of drug-likeness (QED) is 0.726. The normalized spacial score (nSPS) is 13.6. The van der Waals surface area contributed by atoms with Crippen molar-refractivity contribution in [2.45, 2.75) is 0 Å². The third-order valence-corrected chi connectivity index (χ3v) is 4.59. The number of pyridine rings is 1. The number of anilines is 1. The summed E-state index contributed by atoms with van der Waals surface area (Å²) in [6.07, 6.45) is 1.76. The smallest absolute Gasteiger partial charge is 0.264 e. The maximum atomic E-state index is 11.8. The topological polar surface area (TPSA) is 55.3 Å². The molecule has 1 amide bonds. The van der Waals surface area contributed by atoms with Crippen LogP contribution in [0.25, 0.3) is 22.0 Å². The van der Waals surface area contributed by atoms with E-state index in [-0.39, 0.29) is 12.5 Å². The van der Waals surface area contributed by atoms with E-state index in [2.05, 4.69) is 9.97 Å². The van der Waals surface area contributed by atoms with Gasteiger partial charge in [0.1, 0.15) is 10.8 Å². The molecule has 0 saturated heterocycles. The van der Waals surface area contributed by atoms with Crippen molar-refractivity contribution in [2.75, 3.05) is 18.6 Å². The average Bonchev–Trinajstić information content (AvgIpc) is 3.09. The highest BCUT2D eigenvalue weighted by atomic mass is 32.1. The molecule has 5 nitrogen and oxygen atoms in total. The average molecular weight is 323 g/mol. The molecular formula is C17H13N3O2S. The van der Waals surface area contributed by atoms with Gasteiger partial charge in [-0.3, -0.25) is 9.78 Å². The number of hydrogen-bond acceptors (Lipinski definition) is 5. The summed E-state index contributed by atoms with van der Waals surface area (Å²) < 4.78 is 5.45. The maximum Gasteiger partial charge on any atom is 0.264 e. The molecule has 3 heterocycles. The minimum Gasteiger partial charge on any atom is -0.482 e. The predicted octanol–water partition coefficient (Wildman–Crippen LogP) is 3.23. The Balaban J connectivity index is 1.72. The molecule has 0 N–H and O–H groups in total. The second-order valence-electron chi connectivity index (χ2n) is 5.18. The number of hydrogen-bond donors (Lipinski definition) is 0. The predicted molar refractivity (Wildman–Crippen MR) is 89.7 cm³/mol. The Hall–Kier alpha value is -2.73. The number of likely N-dealkylation sites (N-methyl/N-ethyl adjacent to an activating group) is 1. The largest absolute Gasteiger partial charge is 0.482 e. The lowest BCUT2D eigenvalue weighted by Gasteiger charge is -2.26. The molecule has 6 heteroatoms. The molecule has 4 rings (SSSR count). The van der Waals surface area contributed by atoms with Crippen molar-refractivity contribution < 1.29 is 9.53 Å². The first-order valence-electron chi connectivity index (χ1n) is 7.13. The van der Waals surface area contributed by atoms with Gasteiger partial charge in [-0.25, -0.2) is 4.98 Å². The summed E-state index contributed by atoms with van der Waals surface area (Å²) in [7, 11) is 1.76. The zero-order valence-electron chi connectivity index (χ0n) is 12.4. The van der Waals surface area contributed by atoms with Crippen LogP contribution in [0.2, 0.25) is 0 Å². The highest BCUT2D eigenvalue weighted by molar-refractivity contribution is 7.13. The first-order valence-corrected chi connectivity index (χ1v) is 8.01. The summed E-state index contributed by atoms with van der Waals surface area (Å²) in [6.45, 7) is 0.0867. The van der Waals surface area contributed by atoms with Crippen LogP contribution in [0.1, 0.15) is 0 Å². The van der Waals surface area contributed by atoms with E-state index in [0.717, 1.165) is 33.4 Å². The van der Waals surface area contributed by atoms with E-state index in [9.17, 15) is 4.79 Å². The monoisotopic (exact) mass is 323 g/mol. The minimum absolute atomic E-state index is 0.0536. The molecule has 0 unspecified atom stereocenters. The van der Waals surface area contributed by atoms with Gasteiger partial charge < -0.3 is 9.64 Å². The highest BCUT2D eigenvalue weighted by Gasteiger charge is 2.22. The van der Waals surface area contributed by atoms with Crippen LogP contribution in [-0.2, 0) is 4.79 Å². The van der Waals surface area contributed by atoms with Crippen molar-refractivity contribution in [1.82, 2.24) is 9.97 Å². The zero-order valence-corrected chi connectivity index (χ0v) is 13.2. The molecule has 2 aromatic heterocycles. The number of carbonyl (C=O) groups excluding carboxylic acids is 1. The van der Waals surface area contributed by atoms with Crippen LogP contribution >= 0.6 is 11.3 Å². The highest BCUT2D eigenvalue weighted by Crippen LogP contribution is 2.36. The number of rotatable bonds is 2. The Morgan fingerprint density at radius 1 is 1.22 bits per heavy atom. The molecule has 0 saturated carbocycles. The molecule has 0 atom stereocenters. The zero-order chi connectivity index (χ0) is 15.8. The molecule has 1 aliphatic rings. The molecule has 1 aliphatic heterocycles. The Labute approximate surface area is 137 Å². The molecule has 0 aliphatic carbocycles. The van der Waals surface area contributed by atoms with Gasteiger partial charge in [0.15, 0.2) is 6.61 Å². The number of ether oxygens (including phenoxy) is 1. The van der Waals surface area contributed by atoms with Crippen molar-refractivity contribution >= 4 is 22.9 Å². The van der Waals surface area contributed by atoms with Crippen molar-refractivity contribution in [2.24, 2.45) is 0 Å². The van der Waals surface area contributed by atoms with Gasteiger partial charge in [-0.2, -0.15) is 0 Å². The summed E-state index contributed by atoms with van der Waals surface area (Å²) in [4.78, 5) is 22.4. The first-order chi connectivity index (χ1) is 11.2. The van der Waals surface area contributed by atoms with E-state index in [1.54, 1.807) is 29.5 Å². The van der Waals surface area contributed by atoms with E-state index in [1.807, 2.05) is 41.8 Å². The maximum absolute atomic E-state index is 11.8. The van der Waals surface area contributed by atoms with Gasteiger partial charge in [-0.05, 0) is 30.3 Å². The van der Waals surface area contributed by atoms with Gasteiger partial charge >= 0.3 is 0 Å². The van der Waals surface area contributed by atoms with E-state index in [0.29, 0.717) is 0 Å². The molecule has 114 valence electrons. The van der Waals surface area contributed by atoms with E-state index >= 15 is 0 Å². The summed E-state index contributed by atoms with van der Waals surface area (Å²) in [5.41, 5.74) is 3.45. The number of amides is 1. The van der Waals surface area contributed by atoms with Crippen molar-refractivity contribution in [3.05, 3.63) is 48.0 Å². The van der Waals surface area contributed by atoms with Gasteiger partial charge in [-0.1, -0.05) is 6.07 Å². The lowest BCUT2D eigenvalue weighted by Crippen LogP contribution is -2.35. The van der Waals surface area contributed by atoms with Gasteiger partial charge in [-0.15, -0.1) is 11.3 Å². The Kier molecular flexibility index (Phi) is 3.31.